The monoisotopic (exact) mass is 257 g/mol. The van der Waals surface area contributed by atoms with Gasteiger partial charge in [-0.1, -0.05) is 56.3 Å². The fraction of sp³-hybridized carbons (Fsp3) is 0.333. The van der Waals surface area contributed by atoms with Crippen molar-refractivity contribution >= 4 is 23.1 Å². The molecule has 0 spiro atoms. The highest BCUT2D eigenvalue weighted by atomic mass is 79.9. The number of halogens is 1. The molecule has 0 aliphatic heterocycles. The molecule has 0 atom stereocenters. The predicted octanol–water partition coefficient (Wildman–Crippen LogP) is 3.65. The first kappa shape index (κ1) is 15.9. The number of rotatable bonds is 3. The lowest BCUT2D eigenvalue weighted by Crippen LogP contribution is -1.95. The number of hydrogen-bond acceptors (Lipinski definition) is 1. The number of benzene rings is 1. The Morgan fingerprint density at radius 2 is 1.86 bits per heavy atom. The highest BCUT2D eigenvalue weighted by Crippen LogP contribution is 1.97. The van der Waals surface area contributed by atoms with Gasteiger partial charge in [-0.05, 0) is 18.5 Å². The Balaban J connectivity index is 0. The van der Waals surface area contributed by atoms with Crippen LogP contribution in [0.1, 0.15) is 25.3 Å². The summed E-state index contributed by atoms with van der Waals surface area (Å²) in [6, 6.07) is 10.0. The van der Waals surface area contributed by atoms with Crippen molar-refractivity contribution in [3.63, 3.8) is 0 Å². The SMILES string of the molecule is Br.C=Cc1ccccc1.CCCCN. The van der Waals surface area contributed by atoms with Crippen molar-refractivity contribution in [1.82, 2.24) is 0 Å². The topological polar surface area (TPSA) is 26.0 Å². The van der Waals surface area contributed by atoms with Gasteiger partial charge in [-0.2, -0.15) is 0 Å². The van der Waals surface area contributed by atoms with Crippen molar-refractivity contribution in [1.29, 1.82) is 0 Å². The van der Waals surface area contributed by atoms with E-state index in [2.05, 4.69) is 13.5 Å². The van der Waals surface area contributed by atoms with Crippen LogP contribution < -0.4 is 5.73 Å². The van der Waals surface area contributed by atoms with Crippen LogP contribution in [-0.2, 0) is 0 Å². The first-order valence-corrected chi connectivity index (χ1v) is 4.72. The zero-order valence-electron chi connectivity index (χ0n) is 8.78. The van der Waals surface area contributed by atoms with Gasteiger partial charge in [0.2, 0.25) is 0 Å². The quantitative estimate of drug-likeness (QED) is 0.879. The summed E-state index contributed by atoms with van der Waals surface area (Å²) in [5, 5.41) is 0. The Hall–Kier alpha value is -0.600. The summed E-state index contributed by atoms with van der Waals surface area (Å²) in [7, 11) is 0. The number of unbranched alkanes of at least 4 members (excludes halogenated alkanes) is 1. The fourth-order valence-corrected chi connectivity index (χ4v) is 0.793. The molecule has 0 aliphatic rings. The first-order valence-electron chi connectivity index (χ1n) is 4.72. The zero-order valence-corrected chi connectivity index (χ0v) is 10.5. The molecule has 0 amide bonds. The highest BCUT2D eigenvalue weighted by Gasteiger charge is 1.75. The molecule has 1 rings (SSSR count). The maximum Gasteiger partial charge on any atom is -0.00774 e. The Bertz CT molecular complexity index is 207. The molecule has 0 heterocycles. The van der Waals surface area contributed by atoms with Crippen LogP contribution in [0.25, 0.3) is 6.08 Å². The molecule has 14 heavy (non-hydrogen) atoms. The van der Waals surface area contributed by atoms with Crippen LogP contribution in [0.2, 0.25) is 0 Å². The van der Waals surface area contributed by atoms with E-state index in [0.29, 0.717) is 0 Å². The second-order valence-electron chi connectivity index (χ2n) is 2.76. The Kier molecular flexibility index (Phi) is 14.0. The van der Waals surface area contributed by atoms with Gasteiger partial charge in [0.25, 0.3) is 0 Å². The third kappa shape index (κ3) is 9.49. The van der Waals surface area contributed by atoms with Crippen molar-refractivity contribution in [2.45, 2.75) is 19.8 Å². The first-order chi connectivity index (χ1) is 6.35. The van der Waals surface area contributed by atoms with E-state index in [9.17, 15) is 0 Å². The minimum Gasteiger partial charge on any atom is -0.330 e. The summed E-state index contributed by atoms with van der Waals surface area (Å²) in [6.45, 7) is 6.61. The van der Waals surface area contributed by atoms with Gasteiger partial charge in [0.1, 0.15) is 0 Å². The average molecular weight is 258 g/mol. The van der Waals surface area contributed by atoms with Gasteiger partial charge in [0.15, 0.2) is 0 Å². The Morgan fingerprint density at radius 3 is 2.07 bits per heavy atom. The van der Waals surface area contributed by atoms with Gasteiger partial charge in [-0.25, -0.2) is 0 Å². The second-order valence-corrected chi connectivity index (χ2v) is 2.76. The molecule has 0 saturated carbocycles. The predicted molar refractivity (Wildman–Crippen MR) is 70.8 cm³/mol. The molecule has 2 heteroatoms. The molecule has 1 aromatic rings. The lowest BCUT2D eigenvalue weighted by Gasteiger charge is -1.85. The van der Waals surface area contributed by atoms with E-state index in [4.69, 9.17) is 5.73 Å². The molecule has 1 aromatic carbocycles. The minimum atomic E-state index is 0. The van der Waals surface area contributed by atoms with Crippen molar-refractivity contribution in [2.24, 2.45) is 5.73 Å². The maximum atomic E-state index is 5.14. The van der Waals surface area contributed by atoms with Crippen LogP contribution >= 0.6 is 17.0 Å². The minimum absolute atomic E-state index is 0. The molecule has 0 radical (unpaired) electrons. The smallest absolute Gasteiger partial charge is 0.00774 e. The molecule has 2 N–H and O–H groups in total. The van der Waals surface area contributed by atoms with Crippen LogP contribution in [0.5, 0.6) is 0 Å². The summed E-state index contributed by atoms with van der Waals surface area (Å²) in [5.41, 5.74) is 6.31. The third-order valence-electron chi connectivity index (χ3n) is 1.59. The summed E-state index contributed by atoms with van der Waals surface area (Å²) in [5.74, 6) is 0. The molecule has 0 aliphatic carbocycles. The van der Waals surface area contributed by atoms with Crippen LogP contribution in [0.3, 0.4) is 0 Å². The van der Waals surface area contributed by atoms with E-state index in [1.54, 1.807) is 0 Å². The van der Waals surface area contributed by atoms with Gasteiger partial charge >= 0.3 is 0 Å². The second kappa shape index (κ2) is 12.4. The maximum absolute atomic E-state index is 5.14. The van der Waals surface area contributed by atoms with Gasteiger partial charge in [0, 0.05) is 0 Å². The molecule has 1 nitrogen and oxygen atoms in total. The molecule has 0 aromatic heterocycles. The average Bonchev–Trinajstić information content (AvgIpc) is 2.21. The van der Waals surface area contributed by atoms with Crippen LogP contribution in [0.4, 0.5) is 0 Å². The van der Waals surface area contributed by atoms with Crippen LogP contribution in [0.15, 0.2) is 36.9 Å². The summed E-state index contributed by atoms with van der Waals surface area (Å²) < 4.78 is 0. The van der Waals surface area contributed by atoms with Crippen LogP contribution in [0, 0.1) is 0 Å². The zero-order chi connectivity index (χ0) is 9.94. The largest absolute Gasteiger partial charge is 0.330 e. The molecular formula is C12H20BrN. The highest BCUT2D eigenvalue weighted by molar-refractivity contribution is 8.93. The molecule has 80 valence electrons. The van der Waals surface area contributed by atoms with Gasteiger partial charge in [-0.3, -0.25) is 0 Å². The van der Waals surface area contributed by atoms with E-state index in [1.807, 2.05) is 36.4 Å². The standard InChI is InChI=1S/C8H8.C4H11N.BrH/c1-2-8-6-4-3-5-7-8;1-2-3-4-5;/h2-7H,1H2;2-5H2,1H3;1H. The Labute approximate surface area is 97.8 Å². The molecular weight excluding hydrogens is 238 g/mol. The molecule has 0 saturated heterocycles. The lowest BCUT2D eigenvalue weighted by atomic mass is 10.2. The van der Waals surface area contributed by atoms with Gasteiger partial charge in [0.05, 0.1) is 0 Å². The van der Waals surface area contributed by atoms with Crippen LogP contribution in [-0.4, -0.2) is 6.54 Å². The normalized spacial score (nSPS) is 7.86. The summed E-state index contributed by atoms with van der Waals surface area (Å²) in [6.07, 6.45) is 4.22. The van der Waals surface area contributed by atoms with Crippen molar-refractivity contribution in [2.75, 3.05) is 6.54 Å². The lowest BCUT2D eigenvalue weighted by molar-refractivity contribution is 0.807. The molecule has 0 fully saturated rings. The van der Waals surface area contributed by atoms with Crippen molar-refractivity contribution < 1.29 is 0 Å². The number of hydrogen-bond donors (Lipinski definition) is 1. The summed E-state index contributed by atoms with van der Waals surface area (Å²) >= 11 is 0. The van der Waals surface area contributed by atoms with Gasteiger partial charge < -0.3 is 5.73 Å². The van der Waals surface area contributed by atoms with E-state index in [-0.39, 0.29) is 17.0 Å². The Morgan fingerprint density at radius 1 is 1.29 bits per heavy atom. The molecule has 0 bridgehead atoms. The third-order valence-corrected chi connectivity index (χ3v) is 1.59. The fourth-order valence-electron chi connectivity index (χ4n) is 0.793. The summed E-state index contributed by atoms with van der Waals surface area (Å²) in [4.78, 5) is 0. The van der Waals surface area contributed by atoms with E-state index in [1.165, 1.54) is 18.4 Å². The number of nitrogens with two attached hydrogens (primary N) is 1. The van der Waals surface area contributed by atoms with E-state index in [0.717, 1.165) is 6.54 Å². The van der Waals surface area contributed by atoms with Crippen molar-refractivity contribution in [3.05, 3.63) is 42.5 Å². The van der Waals surface area contributed by atoms with E-state index >= 15 is 0 Å². The van der Waals surface area contributed by atoms with Gasteiger partial charge in [-0.15, -0.1) is 17.0 Å². The van der Waals surface area contributed by atoms with E-state index < -0.39 is 0 Å². The van der Waals surface area contributed by atoms with Crippen molar-refractivity contribution in [3.8, 4) is 0 Å². The molecule has 0 unspecified atom stereocenters.